The van der Waals surface area contributed by atoms with E-state index in [0.717, 1.165) is 13.0 Å². The molecule has 0 saturated heterocycles. The molecule has 120 valence electrons. The Morgan fingerprint density at radius 1 is 1.52 bits per heavy atom. The zero-order valence-corrected chi connectivity index (χ0v) is 13.9. The molecule has 0 fully saturated rings. The van der Waals surface area contributed by atoms with Crippen LogP contribution in [0, 0.1) is 12.3 Å². The number of amidine groups is 1. The van der Waals surface area contributed by atoms with Crippen LogP contribution >= 0.6 is 0 Å². The fourth-order valence-electron chi connectivity index (χ4n) is 2.08. The molecule has 8 heteroatoms. The molecular weight excluding hydrogens is 290 g/mol. The molecule has 0 saturated carbocycles. The van der Waals surface area contributed by atoms with Gasteiger partial charge in [0.1, 0.15) is 5.82 Å². The molecule has 0 aliphatic heterocycles. The summed E-state index contributed by atoms with van der Waals surface area (Å²) in [6.45, 7) is 8.35. The van der Waals surface area contributed by atoms with E-state index >= 15 is 0 Å². The van der Waals surface area contributed by atoms with Crippen molar-refractivity contribution in [2.75, 3.05) is 6.54 Å². The minimum Gasteiger partial charge on any atom is -0.388 e. The number of aromatic nitrogens is 2. The maximum Gasteiger partial charge on any atom is 0.262 e. The van der Waals surface area contributed by atoms with Crippen molar-refractivity contribution in [2.24, 2.45) is 5.73 Å². The molecule has 3 N–H and O–H groups in total. The maximum absolute atomic E-state index is 12.7. The molecule has 0 radical (unpaired) electrons. The fourth-order valence-corrected chi connectivity index (χ4v) is 3.71. The lowest BCUT2D eigenvalue weighted by Crippen LogP contribution is -2.39. The smallest absolute Gasteiger partial charge is 0.262 e. The van der Waals surface area contributed by atoms with Crippen molar-refractivity contribution in [3.05, 3.63) is 12.0 Å². The summed E-state index contributed by atoms with van der Waals surface area (Å²) in [5.41, 5.74) is 5.33. The van der Waals surface area contributed by atoms with Gasteiger partial charge in [0.15, 0.2) is 5.03 Å². The van der Waals surface area contributed by atoms with Crippen LogP contribution in [0.2, 0.25) is 0 Å². The monoisotopic (exact) mass is 315 g/mol. The van der Waals surface area contributed by atoms with Crippen LogP contribution in [0.5, 0.6) is 0 Å². The number of nitrogens with one attached hydrogen (secondary N) is 1. The Hall–Kier alpha value is -1.41. The summed E-state index contributed by atoms with van der Waals surface area (Å²) < 4.78 is 28.6. The van der Waals surface area contributed by atoms with Crippen LogP contribution in [-0.2, 0) is 16.6 Å². The second-order valence-corrected chi connectivity index (χ2v) is 7.14. The van der Waals surface area contributed by atoms with Gasteiger partial charge in [-0.2, -0.15) is 4.31 Å². The van der Waals surface area contributed by atoms with Crippen molar-refractivity contribution in [3.8, 4) is 0 Å². The van der Waals surface area contributed by atoms with E-state index in [1.807, 2.05) is 11.5 Å². The third-order valence-corrected chi connectivity index (χ3v) is 5.12. The Bertz CT molecular complexity index is 592. The standard InChI is InChI=1S/C13H25N5O2S/c1-5-7-17-9-13(16-11(17)4)21(19,20)18(10(2)3)8-6-12(14)15/h9-10H,5-8H2,1-4H3,(H3,14,15). The van der Waals surface area contributed by atoms with Crippen LogP contribution in [0.1, 0.15) is 39.4 Å². The highest BCUT2D eigenvalue weighted by Gasteiger charge is 2.29. The van der Waals surface area contributed by atoms with E-state index in [0.29, 0.717) is 5.82 Å². The molecule has 0 bridgehead atoms. The van der Waals surface area contributed by atoms with E-state index in [-0.39, 0.29) is 29.9 Å². The Balaban J connectivity index is 3.10. The second kappa shape index (κ2) is 7.04. The zero-order chi connectivity index (χ0) is 16.2. The van der Waals surface area contributed by atoms with Gasteiger partial charge in [-0.05, 0) is 27.2 Å². The summed E-state index contributed by atoms with van der Waals surface area (Å²) >= 11 is 0. The molecule has 21 heavy (non-hydrogen) atoms. The summed E-state index contributed by atoms with van der Waals surface area (Å²) in [5, 5.41) is 7.33. The molecule has 1 aromatic heterocycles. The first-order valence-corrected chi connectivity index (χ1v) is 8.52. The lowest BCUT2D eigenvalue weighted by atomic mass is 10.3. The number of nitrogens with zero attached hydrogens (tertiary/aromatic N) is 3. The van der Waals surface area contributed by atoms with Gasteiger partial charge in [-0.15, -0.1) is 0 Å². The molecule has 1 heterocycles. The zero-order valence-electron chi connectivity index (χ0n) is 13.1. The Kier molecular flexibility index (Phi) is 5.91. The molecular formula is C13H25N5O2S. The van der Waals surface area contributed by atoms with Gasteiger partial charge in [-0.25, -0.2) is 13.4 Å². The van der Waals surface area contributed by atoms with Gasteiger partial charge in [0.05, 0.1) is 5.84 Å². The van der Waals surface area contributed by atoms with Crippen molar-refractivity contribution in [3.63, 3.8) is 0 Å². The highest BCUT2D eigenvalue weighted by atomic mass is 32.2. The van der Waals surface area contributed by atoms with E-state index < -0.39 is 10.0 Å². The van der Waals surface area contributed by atoms with Crippen LogP contribution in [0.3, 0.4) is 0 Å². The van der Waals surface area contributed by atoms with Crippen molar-refractivity contribution in [2.45, 2.75) is 58.1 Å². The maximum atomic E-state index is 12.7. The Morgan fingerprint density at radius 3 is 2.62 bits per heavy atom. The van der Waals surface area contributed by atoms with Crippen LogP contribution in [0.4, 0.5) is 0 Å². The summed E-state index contributed by atoms with van der Waals surface area (Å²) in [6, 6.07) is -0.217. The highest BCUT2D eigenvalue weighted by molar-refractivity contribution is 7.89. The topological polar surface area (TPSA) is 105 Å². The lowest BCUT2D eigenvalue weighted by Gasteiger charge is -2.24. The summed E-state index contributed by atoms with van der Waals surface area (Å²) in [4.78, 5) is 4.18. The average Bonchev–Trinajstić information content (AvgIpc) is 2.71. The molecule has 0 unspecified atom stereocenters. The number of sulfonamides is 1. The van der Waals surface area contributed by atoms with Gasteiger partial charge in [0, 0.05) is 31.7 Å². The van der Waals surface area contributed by atoms with E-state index in [1.165, 1.54) is 4.31 Å². The summed E-state index contributed by atoms with van der Waals surface area (Å²) in [5.74, 6) is 0.661. The van der Waals surface area contributed by atoms with E-state index in [1.54, 1.807) is 27.0 Å². The van der Waals surface area contributed by atoms with Crippen molar-refractivity contribution < 1.29 is 8.42 Å². The van der Waals surface area contributed by atoms with E-state index in [4.69, 9.17) is 11.1 Å². The molecule has 0 spiro atoms. The fraction of sp³-hybridized carbons (Fsp3) is 0.692. The average molecular weight is 315 g/mol. The normalized spacial score (nSPS) is 12.3. The summed E-state index contributed by atoms with van der Waals surface area (Å²) in [7, 11) is -3.67. The highest BCUT2D eigenvalue weighted by Crippen LogP contribution is 2.18. The minimum absolute atomic E-state index is 0.0245. The molecule has 0 amide bonds. The SMILES string of the molecule is CCCn1cc(S(=O)(=O)N(CCC(=N)N)C(C)C)nc1C. The van der Waals surface area contributed by atoms with Gasteiger partial charge in [0.25, 0.3) is 10.0 Å². The number of aryl methyl sites for hydroxylation is 2. The molecule has 7 nitrogen and oxygen atoms in total. The van der Waals surface area contributed by atoms with Crippen LogP contribution in [-0.4, -0.2) is 40.7 Å². The van der Waals surface area contributed by atoms with Crippen LogP contribution in [0.25, 0.3) is 0 Å². The molecule has 0 aromatic carbocycles. The van der Waals surface area contributed by atoms with E-state index in [9.17, 15) is 8.42 Å². The lowest BCUT2D eigenvalue weighted by molar-refractivity contribution is 0.360. The van der Waals surface area contributed by atoms with Gasteiger partial charge in [-0.1, -0.05) is 6.92 Å². The quantitative estimate of drug-likeness (QED) is 0.557. The van der Waals surface area contributed by atoms with Crippen molar-refractivity contribution in [1.29, 1.82) is 5.41 Å². The molecule has 1 rings (SSSR count). The first-order chi connectivity index (χ1) is 9.70. The van der Waals surface area contributed by atoms with Gasteiger partial charge in [-0.3, -0.25) is 5.41 Å². The number of nitrogens with two attached hydrogens (primary N) is 1. The van der Waals surface area contributed by atoms with Crippen molar-refractivity contribution in [1.82, 2.24) is 13.9 Å². The summed E-state index contributed by atoms with van der Waals surface area (Å²) in [6.07, 6.45) is 2.71. The van der Waals surface area contributed by atoms with E-state index in [2.05, 4.69) is 4.98 Å². The third-order valence-electron chi connectivity index (χ3n) is 3.17. The van der Waals surface area contributed by atoms with Crippen LogP contribution in [0.15, 0.2) is 11.2 Å². The molecule has 1 aromatic rings. The molecule has 0 atom stereocenters. The predicted molar refractivity (Wildman–Crippen MR) is 82.8 cm³/mol. The third kappa shape index (κ3) is 4.28. The van der Waals surface area contributed by atoms with Crippen LogP contribution < -0.4 is 5.73 Å². The number of hydrogen-bond acceptors (Lipinski definition) is 4. The second-order valence-electron chi connectivity index (χ2n) is 5.30. The van der Waals surface area contributed by atoms with Crippen molar-refractivity contribution >= 4 is 15.9 Å². The number of imidazole rings is 1. The van der Waals surface area contributed by atoms with Gasteiger partial charge < -0.3 is 10.3 Å². The van der Waals surface area contributed by atoms with Gasteiger partial charge >= 0.3 is 0 Å². The first kappa shape index (κ1) is 17.6. The predicted octanol–water partition coefficient (Wildman–Crippen LogP) is 1.33. The van der Waals surface area contributed by atoms with Gasteiger partial charge in [0.2, 0.25) is 0 Å². The minimum atomic E-state index is -3.67. The Labute approximate surface area is 126 Å². The molecule has 0 aliphatic rings. The number of hydrogen-bond donors (Lipinski definition) is 2. The number of rotatable bonds is 8. The largest absolute Gasteiger partial charge is 0.388 e. The Morgan fingerprint density at radius 2 is 2.14 bits per heavy atom. The first-order valence-electron chi connectivity index (χ1n) is 7.08. The molecule has 0 aliphatic carbocycles.